The molecule has 1 aromatic heterocycles. The molecule has 6 atom stereocenters. The molecule has 3 rings (SSSR count). The van der Waals surface area contributed by atoms with Crippen molar-refractivity contribution in [3.63, 3.8) is 0 Å². The van der Waals surface area contributed by atoms with Crippen LogP contribution in [0.2, 0.25) is 0 Å². The van der Waals surface area contributed by atoms with Crippen molar-refractivity contribution in [2.45, 2.75) is 49.2 Å². The minimum absolute atomic E-state index is 0.195. The Morgan fingerprint density at radius 1 is 1.34 bits per heavy atom. The van der Waals surface area contributed by atoms with E-state index in [0.717, 1.165) is 28.1 Å². The third-order valence-electron chi connectivity index (χ3n) is 4.67. The van der Waals surface area contributed by atoms with Crippen molar-refractivity contribution in [1.82, 2.24) is 5.01 Å². The number of esters is 1. The molecule has 13 heteroatoms. The Morgan fingerprint density at radius 2 is 2.03 bits per heavy atom. The summed E-state index contributed by atoms with van der Waals surface area (Å²) in [4.78, 5) is 25.2. The van der Waals surface area contributed by atoms with E-state index in [2.05, 4.69) is 5.32 Å². The SMILES string of the molecule is CCOC(=O)c1sc2c(c1C)C(=O)N(N)C(S[C@@H]1O[C@H](CO)[C@H](O)[C@H](O)[C@H]1O)N2. The Kier molecular flexibility index (Phi) is 6.70. The van der Waals surface area contributed by atoms with Crippen molar-refractivity contribution in [2.24, 2.45) is 5.84 Å². The zero-order chi connectivity index (χ0) is 21.5. The second kappa shape index (κ2) is 8.73. The van der Waals surface area contributed by atoms with Crippen molar-refractivity contribution in [3.05, 3.63) is 16.0 Å². The predicted octanol–water partition coefficient (Wildman–Crippen LogP) is -1.21. The Bertz CT molecular complexity index is 788. The highest BCUT2D eigenvalue weighted by atomic mass is 32.2. The van der Waals surface area contributed by atoms with E-state index in [-0.39, 0.29) is 17.0 Å². The summed E-state index contributed by atoms with van der Waals surface area (Å²) in [6.07, 6.45) is -5.59. The summed E-state index contributed by atoms with van der Waals surface area (Å²) < 4.78 is 10.5. The molecular weight excluding hydrogens is 426 g/mol. The van der Waals surface area contributed by atoms with Gasteiger partial charge in [-0.2, -0.15) is 0 Å². The molecule has 29 heavy (non-hydrogen) atoms. The Balaban J connectivity index is 1.82. The highest BCUT2D eigenvalue weighted by Crippen LogP contribution is 2.41. The van der Waals surface area contributed by atoms with Crippen LogP contribution in [-0.2, 0) is 9.47 Å². The van der Waals surface area contributed by atoms with Gasteiger partial charge in [0.25, 0.3) is 5.91 Å². The van der Waals surface area contributed by atoms with Gasteiger partial charge >= 0.3 is 5.97 Å². The molecule has 0 spiro atoms. The highest BCUT2D eigenvalue weighted by molar-refractivity contribution is 8.00. The van der Waals surface area contributed by atoms with E-state index >= 15 is 0 Å². The van der Waals surface area contributed by atoms with Crippen molar-refractivity contribution < 1.29 is 39.5 Å². The lowest BCUT2D eigenvalue weighted by Gasteiger charge is -2.42. The number of aliphatic hydroxyl groups excluding tert-OH is 4. The largest absolute Gasteiger partial charge is 0.462 e. The fraction of sp³-hybridized carbons (Fsp3) is 0.625. The number of amides is 1. The second-order valence-corrected chi connectivity index (χ2v) is 8.73. The normalized spacial score (nSPS) is 32.0. The van der Waals surface area contributed by atoms with Crippen LogP contribution in [0.15, 0.2) is 0 Å². The van der Waals surface area contributed by atoms with Crippen LogP contribution in [0.3, 0.4) is 0 Å². The highest BCUT2D eigenvalue weighted by Gasteiger charge is 2.46. The number of thioether (sulfide) groups is 1. The van der Waals surface area contributed by atoms with Gasteiger partial charge in [0.1, 0.15) is 39.7 Å². The Morgan fingerprint density at radius 3 is 2.66 bits per heavy atom. The first-order valence-corrected chi connectivity index (χ1v) is 10.6. The van der Waals surface area contributed by atoms with Crippen LogP contribution in [0, 0.1) is 6.92 Å². The first-order valence-electron chi connectivity index (χ1n) is 8.82. The molecule has 11 nitrogen and oxygen atoms in total. The Hall–Kier alpha value is -1.45. The lowest BCUT2D eigenvalue weighted by molar-refractivity contribution is -0.205. The number of nitrogens with one attached hydrogen (secondary N) is 1. The van der Waals surface area contributed by atoms with Gasteiger partial charge in [-0.15, -0.1) is 11.3 Å². The molecule has 2 aliphatic heterocycles. The first-order chi connectivity index (χ1) is 13.7. The summed E-state index contributed by atoms with van der Waals surface area (Å²) in [5, 5.41) is 43.7. The molecule has 2 aliphatic rings. The number of carbonyl (C=O) groups excluding carboxylic acids is 2. The number of anilines is 1. The van der Waals surface area contributed by atoms with Crippen LogP contribution in [0.1, 0.15) is 32.5 Å². The zero-order valence-electron chi connectivity index (χ0n) is 15.6. The number of hydrazine groups is 1. The van der Waals surface area contributed by atoms with E-state index in [4.69, 9.17) is 15.3 Å². The number of thiophene rings is 1. The molecule has 0 bridgehead atoms. The lowest BCUT2D eigenvalue weighted by Crippen LogP contribution is -2.59. The third-order valence-corrected chi connectivity index (χ3v) is 7.14. The number of hydrogen-bond donors (Lipinski definition) is 6. The molecule has 0 saturated carbocycles. The number of nitrogens with two attached hydrogens (primary N) is 1. The molecule has 1 fully saturated rings. The zero-order valence-corrected chi connectivity index (χ0v) is 17.3. The van der Waals surface area contributed by atoms with Crippen LogP contribution >= 0.6 is 23.1 Å². The molecule has 1 aromatic rings. The van der Waals surface area contributed by atoms with Crippen LogP contribution in [0.25, 0.3) is 0 Å². The lowest BCUT2D eigenvalue weighted by atomic mass is 10.0. The van der Waals surface area contributed by atoms with Crippen molar-refractivity contribution in [1.29, 1.82) is 0 Å². The summed E-state index contributed by atoms with van der Waals surface area (Å²) in [6.45, 7) is 2.93. The summed E-state index contributed by atoms with van der Waals surface area (Å²) in [6, 6.07) is 0. The topological polar surface area (TPSA) is 175 Å². The molecule has 0 aromatic carbocycles. The number of aliphatic hydroxyl groups is 4. The summed E-state index contributed by atoms with van der Waals surface area (Å²) >= 11 is 1.94. The van der Waals surface area contributed by atoms with Crippen LogP contribution < -0.4 is 11.2 Å². The molecule has 0 aliphatic carbocycles. The van der Waals surface area contributed by atoms with E-state index in [9.17, 15) is 30.0 Å². The van der Waals surface area contributed by atoms with Crippen molar-refractivity contribution in [2.75, 3.05) is 18.5 Å². The molecule has 1 saturated heterocycles. The average Bonchev–Trinajstić information content (AvgIpc) is 3.02. The second-order valence-electron chi connectivity index (χ2n) is 6.52. The monoisotopic (exact) mass is 449 g/mol. The molecule has 162 valence electrons. The Labute approximate surface area is 174 Å². The standard InChI is InChI=1S/C16H23N3O8S2/c1-3-26-14(25)11-5(2)7-12(28-11)18-16(19(17)13(7)24)29-15-10(23)9(22)8(21)6(4-20)27-15/h6,8-10,15-16,18,20-23H,3-4,17H2,1-2H3/t6-,8+,9+,10-,15+,16?/m1/s1. The van der Waals surface area contributed by atoms with Gasteiger partial charge in [0, 0.05) is 0 Å². The molecular formula is C16H23N3O8S2. The van der Waals surface area contributed by atoms with E-state index in [0.29, 0.717) is 10.6 Å². The maximum Gasteiger partial charge on any atom is 0.348 e. The van der Waals surface area contributed by atoms with E-state index < -0.39 is 53.8 Å². The molecule has 1 amide bonds. The summed E-state index contributed by atoms with van der Waals surface area (Å²) in [7, 11) is 0. The fourth-order valence-electron chi connectivity index (χ4n) is 3.09. The maximum atomic E-state index is 12.8. The summed E-state index contributed by atoms with van der Waals surface area (Å²) in [5.41, 5.74) is -1.28. The summed E-state index contributed by atoms with van der Waals surface area (Å²) in [5.74, 6) is 4.85. The van der Waals surface area contributed by atoms with Crippen LogP contribution in [-0.4, -0.2) is 85.9 Å². The third kappa shape index (κ3) is 3.96. The number of rotatable bonds is 5. The molecule has 0 radical (unpaired) electrons. The smallest absolute Gasteiger partial charge is 0.348 e. The van der Waals surface area contributed by atoms with Gasteiger partial charge in [-0.1, -0.05) is 11.8 Å². The predicted molar refractivity (Wildman–Crippen MR) is 104 cm³/mol. The van der Waals surface area contributed by atoms with Gasteiger partial charge in [0.2, 0.25) is 0 Å². The fourth-order valence-corrected chi connectivity index (χ4v) is 5.47. The van der Waals surface area contributed by atoms with Crippen LogP contribution in [0.4, 0.5) is 5.00 Å². The number of hydrogen-bond acceptors (Lipinski definition) is 12. The number of nitrogens with zero attached hydrogens (tertiary/aromatic N) is 1. The minimum atomic E-state index is -1.54. The minimum Gasteiger partial charge on any atom is -0.462 e. The van der Waals surface area contributed by atoms with Gasteiger partial charge in [0.15, 0.2) is 5.50 Å². The first kappa shape index (κ1) is 22.2. The number of ether oxygens (including phenoxy) is 2. The molecule has 7 N–H and O–H groups in total. The average molecular weight is 450 g/mol. The van der Waals surface area contributed by atoms with Gasteiger partial charge in [0.05, 0.1) is 18.8 Å². The van der Waals surface area contributed by atoms with Crippen LogP contribution in [0.5, 0.6) is 0 Å². The van der Waals surface area contributed by atoms with E-state index in [1.807, 2.05) is 0 Å². The quantitative estimate of drug-likeness (QED) is 0.181. The van der Waals surface area contributed by atoms with E-state index in [1.54, 1.807) is 13.8 Å². The molecule has 1 unspecified atom stereocenters. The number of carbonyl (C=O) groups is 2. The van der Waals surface area contributed by atoms with Crippen molar-refractivity contribution >= 4 is 40.0 Å². The van der Waals surface area contributed by atoms with E-state index in [1.165, 1.54) is 0 Å². The van der Waals surface area contributed by atoms with Gasteiger partial charge < -0.3 is 35.2 Å². The van der Waals surface area contributed by atoms with Gasteiger partial charge in [-0.25, -0.2) is 15.6 Å². The molecule has 3 heterocycles. The number of fused-ring (bicyclic) bond motifs is 1. The van der Waals surface area contributed by atoms with Gasteiger partial charge in [-0.05, 0) is 19.4 Å². The van der Waals surface area contributed by atoms with Gasteiger partial charge in [-0.3, -0.25) is 4.79 Å². The van der Waals surface area contributed by atoms with Crippen molar-refractivity contribution in [3.8, 4) is 0 Å². The maximum absolute atomic E-state index is 12.8.